The first-order valence-corrected chi connectivity index (χ1v) is 9.73. The molecule has 0 aliphatic heterocycles. The number of anilines is 4. The maximum Gasteiger partial charge on any atom is 0.416 e. The minimum Gasteiger partial charge on any atom is -0.340 e. The summed E-state index contributed by atoms with van der Waals surface area (Å²) in [5.74, 6) is 2.02. The van der Waals surface area contributed by atoms with Crippen molar-refractivity contribution in [2.45, 2.75) is 13.1 Å². The van der Waals surface area contributed by atoms with Gasteiger partial charge in [-0.3, -0.25) is 4.57 Å². The summed E-state index contributed by atoms with van der Waals surface area (Å²) < 4.78 is 40.3. The third-order valence-electron chi connectivity index (χ3n) is 4.59. The number of nitrogens with zero attached hydrogens (tertiary/aromatic N) is 4. The second kappa shape index (κ2) is 8.99. The summed E-state index contributed by atoms with van der Waals surface area (Å²) in [4.78, 5) is 24.8. The standard InChI is InChI=1S/C22H18F3N7O/c1-14-26-9-10-32(14)20-12-19(27-13-28-20)29-16-5-7-17(8-6-16)30-21(33)31-18-4-2-3-15(11-18)22(23,24)25/h2-13H,1H3,(H,27,28,29)(H2,30,31,33). The van der Waals surface area contributed by atoms with E-state index in [1.54, 1.807) is 42.7 Å². The van der Waals surface area contributed by atoms with E-state index in [2.05, 4.69) is 30.9 Å². The SMILES string of the molecule is Cc1nccn1-c1cc(Nc2ccc(NC(=O)Nc3cccc(C(F)(F)F)c3)cc2)ncn1. The van der Waals surface area contributed by atoms with Gasteiger partial charge in [0, 0.05) is 35.5 Å². The van der Waals surface area contributed by atoms with E-state index in [0.29, 0.717) is 23.0 Å². The fourth-order valence-electron chi connectivity index (χ4n) is 3.02. The molecule has 4 rings (SSSR count). The third kappa shape index (κ3) is 5.45. The Morgan fingerprint density at radius 3 is 2.33 bits per heavy atom. The third-order valence-corrected chi connectivity index (χ3v) is 4.59. The molecule has 8 nitrogen and oxygen atoms in total. The van der Waals surface area contributed by atoms with Crippen LogP contribution in [0, 0.1) is 6.92 Å². The molecule has 0 unspecified atom stereocenters. The van der Waals surface area contributed by atoms with Crippen LogP contribution in [0.25, 0.3) is 5.82 Å². The molecule has 0 aliphatic rings. The molecule has 4 aromatic rings. The molecule has 0 bridgehead atoms. The minimum atomic E-state index is -4.49. The molecule has 0 spiro atoms. The number of halogens is 3. The van der Waals surface area contributed by atoms with Gasteiger partial charge >= 0.3 is 12.2 Å². The van der Waals surface area contributed by atoms with Crippen molar-refractivity contribution >= 4 is 28.9 Å². The van der Waals surface area contributed by atoms with E-state index in [0.717, 1.165) is 18.0 Å². The topological polar surface area (TPSA) is 96.8 Å². The Bertz CT molecular complexity index is 1270. The average molecular weight is 453 g/mol. The zero-order valence-corrected chi connectivity index (χ0v) is 17.3. The van der Waals surface area contributed by atoms with Crippen LogP contribution in [0.5, 0.6) is 0 Å². The smallest absolute Gasteiger partial charge is 0.340 e. The summed E-state index contributed by atoms with van der Waals surface area (Å²) >= 11 is 0. The molecule has 0 saturated heterocycles. The molecule has 2 aromatic heterocycles. The van der Waals surface area contributed by atoms with Crippen molar-refractivity contribution in [3.63, 3.8) is 0 Å². The Labute approximate surface area is 186 Å². The van der Waals surface area contributed by atoms with Gasteiger partial charge in [0.25, 0.3) is 0 Å². The van der Waals surface area contributed by atoms with E-state index >= 15 is 0 Å². The number of nitrogens with one attached hydrogen (secondary N) is 3. The van der Waals surface area contributed by atoms with Gasteiger partial charge < -0.3 is 16.0 Å². The van der Waals surface area contributed by atoms with Crippen LogP contribution in [0.15, 0.2) is 73.3 Å². The van der Waals surface area contributed by atoms with Gasteiger partial charge in [0.15, 0.2) is 0 Å². The first-order chi connectivity index (χ1) is 15.8. The molecule has 0 radical (unpaired) electrons. The molecule has 2 heterocycles. The van der Waals surface area contributed by atoms with Crippen LogP contribution in [-0.4, -0.2) is 25.6 Å². The number of benzene rings is 2. The molecular weight excluding hydrogens is 435 g/mol. The highest BCUT2D eigenvalue weighted by Gasteiger charge is 2.30. The molecule has 0 atom stereocenters. The van der Waals surface area contributed by atoms with E-state index in [-0.39, 0.29) is 5.69 Å². The second-order valence-electron chi connectivity index (χ2n) is 6.97. The van der Waals surface area contributed by atoms with Crippen LogP contribution >= 0.6 is 0 Å². The van der Waals surface area contributed by atoms with Crippen LogP contribution in [0.1, 0.15) is 11.4 Å². The lowest BCUT2D eigenvalue weighted by Crippen LogP contribution is -2.19. The number of rotatable bonds is 5. The Kier molecular flexibility index (Phi) is 5.94. The molecule has 0 saturated carbocycles. The molecule has 0 fully saturated rings. The lowest BCUT2D eigenvalue weighted by Gasteiger charge is -2.11. The first kappa shape index (κ1) is 21.8. The molecule has 33 heavy (non-hydrogen) atoms. The van der Waals surface area contributed by atoms with Crippen LogP contribution < -0.4 is 16.0 Å². The normalized spacial score (nSPS) is 11.2. The fourth-order valence-corrected chi connectivity index (χ4v) is 3.02. The second-order valence-corrected chi connectivity index (χ2v) is 6.97. The predicted molar refractivity (Wildman–Crippen MR) is 118 cm³/mol. The van der Waals surface area contributed by atoms with Crippen LogP contribution in [-0.2, 0) is 6.18 Å². The molecule has 3 N–H and O–H groups in total. The van der Waals surface area contributed by atoms with Gasteiger partial charge in [-0.2, -0.15) is 13.2 Å². The zero-order valence-electron chi connectivity index (χ0n) is 17.3. The van der Waals surface area contributed by atoms with Crippen molar-refractivity contribution in [2.75, 3.05) is 16.0 Å². The highest BCUT2D eigenvalue weighted by molar-refractivity contribution is 5.99. The number of aromatic nitrogens is 4. The number of imidazole rings is 1. The number of aryl methyl sites for hydroxylation is 1. The monoisotopic (exact) mass is 453 g/mol. The highest BCUT2D eigenvalue weighted by atomic mass is 19.4. The summed E-state index contributed by atoms with van der Waals surface area (Å²) in [6.45, 7) is 1.87. The van der Waals surface area contributed by atoms with Gasteiger partial charge in [-0.15, -0.1) is 0 Å². The largest absolute Gasteiger partial charge is 0.416 e. The van der Waals surface area contributed by atoms with Crippen molar-refractivity contribution in [1.29, 1.82) is 0 Å². The Morgan fingerprint density at radius 1 is 0.909 bits per heavy atom. The van der Waals surface area contributed by atoms with Gasteiger partial charge in [0.1, 0.15) is 23.8 Å². The van der Waals surface area contributed by atoms with Gasteiger partial charge in [-0.25, -0.2) is 19.7 Å². The summed E-state index contributed by atoms with van der Waals surface area (Å²) in [6.07, 6.45) is 0.427. The van der Waals surface area contributed by atoms with Crippen molar-refractivity contribution in [3.05, 3.63) is 84.7 Å². The summed E-state index contributed by atoms with van der Waals surface area (Å²) in [5.41, 5.74) is 0.369. The maximum absolute atomic E-state index is 12.8. The van der Waals surface area contributed by atoms with E-state index in [1.807, 2.05) is 11.5 Å². The van der Waals surface area contributed by atoms with E-state index < -0.39 is 17.8 Å². The van der Waals surface area contributed by atoms with Crippen LogP contribution in [0.2, 0.25) is 0 Å². The molecule has 11 heteroatoms. The number of hydrogen-bond donors (Lipinski definition) is 3. The molecule has 2 amide bonds. The quantitative estimate of drug-likeness (QED) is 0.377. The number of urea groups is 1. The average Bonchev–Trinajstić information content (AvgIpc) is 3.21. The fraction of sp³-hybridized carbons (Fsp3) is 0.0909. The lowest BCUT2D eigenvalue weighted by molar-refractivity contribution is -0.137. The number of alkyl halides is 3. The van der Waals surface area contributed by atoms with Gasteiger partial charge in [-0.05, 0) is 49.4 Å². The van der Waals surface area contributed by atoms with Gasteiger partial charge in [0.05, 0.1) is 5.56 Å². The number of carbonyl (C=O) groups excluding carboxylic acids is 1. The Hall–Kier alpha value is -4.41. The Balaban J connectivity index is 1.38. The molecule has 0 aliphatic carbocycles. The van der Waals surface area contributed by atoms with Crippen molar-refractivity contribution in [3.8, 4) is 5.82 Å². The van der Waals surface area contributed by atoms with Crippen molar-refractivity contribution in [1.82, 2.24) is 19.5 Å². The first-order valence-electron chi connectivity index (χ1n) is 9.73. The summed E-state index contributed by atoms with van der Waals surface area (Å²) in [5, 5.41) is 8.12. The highest BCUT2D eigenvalue weighted by Crippen LogP contribution is 2.30. The minimum absolute atomic E-state index is 0.0355. The maximum atomic E-state index is 12.8. The predicted octanol–water partition coefficient (Wildman–Crippen LogP) is 5.38. The van der Waals surface area contributed by atoms with Crippen LogP contribution in [0.4, 0.5) is 40.8 Å². The van der Waals surface area contributed by atoms with Crippen molar-refractivity contribution < 1.29 is 18.0 Å². The molecule has 2 aromatic carbocycles. The van der Waals surface area contributed by atoms with Crippen LogP contribution in [0.3, 0.4) is 0 Å². The number of carbonyl (C=O) groups is 1. The van der Waals surface area contributed by atoms with E-state index in [9.17, 15) is 18.0 Å². The van der Waals surface area contributed by atoms with E-state index in [1.165, 1.54) is 18.5 Å². The summed E-state index contributed by atoms with van der Waals surface area (Å²) in [6, 6.07) is 12.3. The van der Waals surface area contributed by atoms with Gasteiger partial charge in [-0.1, -0.05) is 6.07 Å². The zero-order chi connectivity index (χ0) is 23.4. The van der Waals surface area contributed by atoms with Crippen molar-refractivity contribution in [2.24, 2.45) is 0 Å². The summed E-state index contributed by atoms with van der Waals surface area (Å²) in [7, 11) is 0. The number of hydrogen-bond acceptors (Lipinski definition) is 5. The van der Waals surface area contributed by atoms with Gasteiger partial charge in [0.2, 0.25) is 0 Å². The molecular formula is C22H18F3N7O. The Morgan fingerprint density at radius 2 is 1.64 bits per heavy atom. The van der Waals surface area contributed by atoms with E-state index in [4.69, 9.17) is 0 Å². The molecule has 168 valence electrons. The lowest BCUT2D eigenvalue weighted by atomic mass is 10.2. The number of amides is 2.